The molecule has 1 aromatic heterocycles. The number of halogens is 1. The first kappa shape index (κ1) is 17.0. The molecule has 124 valence electrons. The molecular formula is C10H14FN2O8P. The molecule has 0 bridgehead atoms. The van der Waals surface area contributed by atoms with Gasteiger partial charge in [-0.25, -0.2) is 13.8 Å². The van der Waals surface area contributed by atoms with E-state index in [0.29, 0.717) is 0 Å². The van der Waals surface area contributed by atoms with Gasteiger partial charge in [0.15, 0.2) is 0 Å². The van der Waals surface area contributed by atoms with E-state index in [-0.39, 0.29) is 18.4 Å². The Bertz CT molecular complexity index is 712. The van der Waals surface area contributed by atoms with E-state index in [0.717, 1.165) is 10.8 Å². The van der Waals surface area contributed by atoms with Crippen molar-refractivity contribution in [2.24, 2.45) is 0 Å². The van der Waals surface area contributed by atoms with Crippen molar-refractivity contribution in [3.05, 3.63) is 32.6 Å². The summed E-state index contributed by atoms with van der Waals surface area (Å²) in [6.07, 6.45) is -0.309. The van der Waals surface area contributed by atoms with Crippen molar-refractivity contribution in [3.8, 4) is 0 Å². The predicted octanol–water partition coefficient (Wildman–Crippen LogP) is -0.887. The molecule has 0 saturated carbocycles. The molecule has 12 heteroatoms. The molecule has 1 aromatic rings. The third kappa shape index (κ3) is 3.88. The lowest BCUT2D eigenvalue weighted by molar-refractivity contribution is -0.175. The Balaban J connectivity index is 2.18. The number of hydrogen-bond acceptors (Lipinski definition) is 6. The standard InChI is InChI=1S/C10H14FN2O8P/c11-10(5-20-22(17,18)19)2-1-7(21-10)13-3-6(4-14)8(15)12-9(13)16/h3,7,14H,1-2,4-5H2,(H,12,15,16)(H2,17,18,19)/t7-,10+/m1/s1. The second-order valence-electron chi connectivity index (χ2n) is 4.74. The number of aliphatic hydroxyl groups is 1. The zero-order chi connectivity index (χ0) is 16.5. The highest BCUT2D eigenvalue weighted by Crippen LogP contribution is 2.42. The second kappa shape index (κ2) is 6.03. The van der Waals surface area contributed by atoms with Crippen LogP contribution in [0.3, 0.4) is 0 Å². The average Bonchev–Trinajstić information content (AvgIpc) is 2.79. The second-order valence-corrected chi connectivity index (χ2v) is 5.98. The first-order valence-electron chi connectivity index (χ1n) is 6.15. The molecule has 22 heavy (non-hydrogen) atoms. The number of H-pyrrole nitrogens is 1. The van der Waals surface area contributed by atoms with Gasteiger partial charge in [-0.2, -0.15) is 0 Å². The summed E-state index contributed by atoms with van der Waals surface area (Å²) in [6.45, 7) is -1.62. The van der Waals surface area contributed by atoms with Crippen LogP contribution in [0.2, 0.25) is 0 Å². The highest BCUT2D eigenvalue weighted by atomic mass is 31.2. The molecule has 0 aliphatic carbocycles. The van der Waals surface area contributed by atoms with Crippen molar-refractivity contribution >= 4 is 7.82 Å². The molecule has 0 aromatic carbocycles. The van der Waals surface area contributed by atoms with Gasteiger partial charge in [-0.3, -0.25) is 18.9 Å². The van der Waals surface area contributed by atoms with E-state index >= 15 is 0 Å². The Morgan fingerprint density at radius 2 is 2.23 bits per heavy atom. The first-order valence-corrected chi connectivity index (χ1v) is 7.68. The number of nitrogens with one attached hydrogen (secondary N) is 1. The Labute approximate surface area is 122 Å². The topological polar surface area (TPSA) is 151 Å². The maximum absolute atomic E-state index is 14.2. The van der Waals surface area contributed by atoms with Gasteiger partial charge in [0.1, 0.15) is 12.8 Å². The van der Waals surface area contributed by atoms with Gasteiger partial charge in [0, 0.05) is 12.6 Å². The fourth-order valence-electron chi connectivity index (χ4n) is 2.04. The molecule has 1 saturated heterocycles. The molecule has 0 radical (unpaired) electrons. The van der Waals surface area contributed by atoms with Crippen LogP contribution in [0.4, 0.5) is 4.39 Å². The third-order valence-electron chi connectivity index (χ3n) is 3.08. The minimum Gasteiger partial charge on any atom is -0.391 e. The highest BCUT2D eigenvalue weighted by Gasteiger charge is 2.43. The SMILES string of the molecule is O=c1[nH]c(=O)n([C@H]2CC[C@@](F)(COP(=O)(O)O)O2)cc1CO. The molecule has 0 amide bonds. The third-order valence-corrected chi connectivity index (χ3v) is 3.55. The minimum atomic E-state index is -4.85. The number of phosphoric ester groups is 1. The van der Waals surface area contributed by atoms with Crippen LogP contribution in [-0.2, 0) is 20.4 Å². The summed E-state index contributed by atoms with van der Waals surface area (Å²) in [5.41, 5.74) is -1.73. The molecule has 1 aliphatic rings. The fraction of sp³-hybridized carbons (Fsp3) is 0.600. The van der Waals surface area contributed by atoms with Crippen molar-refractivity contribution in [2.45, 2.75) is 31.5 Å². The monoisotopic (exact) mass is 340 g/mol. The maximum atomic E-state index is 14.2. The van der Waals surface area contributed by atoms with Gasteiger partial charge in [-0.05, 0) is 6.42 Å². The molecule has 0 spiro atoms. The lowest BCUT2D eigenvalue weighted by atomic mass is 10.2. The molecule has 2 heterocycles. The van der Waals surface area contributed by atoms with Gasteiger partial charge in [0.25, 0.3) is 5.56 Å². The lowest BCUT2D eigenvalue weighted by Crippen LogP contribution is -2.35. The molecule has 2 atom stereocenters. The number of aromatic amines is 1. The number of alkyl halides is 1. The first-order chi connectivity index (χ1) is 10.1. The van der Waals surface area contributed by atoms with E-state index in [4.69, 9.17) is 19.6 Å². The van der Waals surface area contributed by atoms with Gasteiger partial charge in [0.2, 0.25) is 5.85 Å². The van der Waals surface area contributed by atoms with Crippen LogP contribution in [-0.4, -0.2) is 36.9 Å². The van der Waals surface area contributed by atoms with Gasteiger partial charge >= 0.3 is 13.5 Å². The van der Waals surface area contributed by atoms with E-state index in [9.17, 15) is 18.5 Å². The van der Waals surface area contributed by atoms with E-state index in [2.05, 4.69) is 4.52 Å². The summed E-state index contributed by atoms with van der Waals surface area (Å²) in [6, 6.07) is 0. The van der Waals surface area contributed by atoms with Crippen LogP contribution in [0.25, 0.3) is 0 Å². The molecule has 1 fully saturated rings. The van der Waals surface area contributed by atoms with Crippen LogP contribution in [0.15, 0.2) is 15.8 Å². The summed E-state index contributed by atoms with van der Waals surface area (Å²) < 4.78 is 34.8. The van der Waals surface area contributed by atoms with Crippen molar-refractivity contribution < 1.29 is 33.1 Å². The van der Waals surface area contributed by atoms with Crippen LogP contribution in [0, 0.1) is 0 Å². The largest absolute Gasteiger partial charge is 0.469 e. The Morgan fingerprint density at radius 3 is 2.82 bits per heavy atom. The van der Waals surface area contributed by atoms with Crippen molar-refractivity contribution in [2.75, 3.05) is 6.61 Å². The zero-order valence-corrected chi connectivity index (χ0v) is 12.0. The van der Waals surface area contributed by atoms with E-state index in [1.807, 2.05) is 4.98 Å². The lowest BCUT2D eigenvalue weighted by Gasteiger charge is -2.21. The van der Waals surface area contributed by atoms with Crippen LogP contribution >= 0.6 is 7.82 Å². The Kier molecular flexibility index (Phi) is 4.66. The van der Waals surface area contributed by atoms with Crippen molar-refractivity contribution in [3.63, 3.8) is 0 Å². The molecular weight excluding hydrogens is 326 g/mol. The number of ether oxygens (including phenoxy) is 1. The van der Waals surface area contributed by atoms with Crippen LogP contribution in [0.5, 0.6) is 0 Å². The Morgan fingerprint density at radius 1 is 1.55 bits per heavy atom. The minimum absolute atomic E-state index is 0.0117. The number of hydrogen-bond donors (Lipinski definition) is 4. The average molecular weight is 340 g/mol. The van der Waals surface area contributed by atoms with Crippen LogP contribution < -0.4 is 11.2 Å². The number of aliphatic hydroxyl groups excluding tert-OH is 1. The fourth-order valence-corrected chi connectivity index (χ4v) is 2.40. The predicted molar refractivity (Wildman–Crippen MR) is 68.4 cm³/mol. The van der Waals surface area contributed by atoms with Gasteiger partial charge in [-0.15, -0.1) is 0 Å². The van der Waals surface area contributed by atoms with Crippen molar-refractivity contribution in [1.29, 1.82) is 0 Å². The van der Waals surface area contributed by atoms with Crippen LogP contribution in [0.1, 0.15) is 24.6 Å². The zero-order valence-electron chi connectivity index (χ0n) is 11.1. The number of aromatic nitrogens is 2. The van der Waals surface area contributed by atoms with Crippen molar-refractivity contribution in [1.82, 2.24) is 9.55 Å². The summed E-state index contributed by atoms with van der Waals surface area (Å²) >= 11 is 0. The number of rotatable bonds is 5. The van der Waals surface area contributed by atoms with Gasteiger partial charge < -0.3 is 19.6 Å². The molecule has 4 N–H and O–H groups in total. The summed E-state index contributed by atoms with van der Waals surface area (Å²) in [5, 5.41) is 9.00. The molecule has 10 nitrogen and oxygen atoms in total. The quantitative estimate of drug-likeness (QED) is 0.504. The number of phosphoric acid groups is 1. The molecule has 0 unspecified atom stereocenters. The highest BCUT2D eigenvalue weighted by molar-refractivity contribution is 7.46. The van der Waals surface area contributed by atoms with E-state index in [1.165, 1.54) is 0 Å². The normalized spacial score (nSPS) is 25.5. The smallest absolute Gasteiger partial charge is 0.391 e. The van der Waals surface area contributed by atoms with E-state index in [1.54, 1.807) is 0 Å². The molecule has 2 rings (SSSR count). The molecule has 1 aliphatic heterocycles. The summed E-state index contributed by atoms with van der Waals surface area (Å²) in [7, 11) is -4.85. The van der Waals surface area contributed by atoms with Gasteiger partial charge in [-0.1, -0.05) is 0 Å². The Hall–Kier alpha value is -1.36. The van der Waals surface area contributed by atoms with E-state index < -0.39 is 44.4 Å². The number of nitrogens with zero attached hydrogens (tertiary/aromatic N) is 1. The maximum Gasteiger partial charge on any atom is 0.469 e. The van der Waals surface area contributed by atoms with Gasteiger partial charge in [0.05, 0.1) is 12.2 Å². The summed E-state index contributed by atoms with van der Waals surface area (Å²) in [5.74, 6) is -2.47. The summed E-state index contributed by atoms with van der Waals surface area (Å²) in [4.78, 5) is 42.1.